The van der Waals surface area contributed by atoms with Crippen LogP contribution in [0.5, 0.6) is 0 Å². The summed E-state index contributed by atoms with van der Waals surface area (Å²) in [6, 6.07) is 0. The maximum Gasteiger partial charge on any atom is 0.292 e. The second kappa shape index (κ2) is 3.54. The Bertz CT molecular complexity index is 147. The van der Waals surface area contributed by atoms with Crippen molar-refractivity contribution in [3.05, 3.63) is 0 Å². The summed E-state index contributed by atoms with van der Waals surface area (Å²) in [6.07, 6.45) is 2.58. The minimum absolute atomic E-state index is 0.538. The van der Waals surface area contributed by atoms with Gasteiger partial charge in [-0.2, -0.15) is 0 Å². The molecule has 2 atom stereocenters. The highest BCUT2D eigenvalue weighted by Gasteiger charge is 2.42. The number of hydrogen-bond acceptors (Lipinski definition) is 1. The Labute approximate surface area is 78.0 Å². The van der Waals surface area contributed by atoms with Crippen LogP contribution in [0.2, 0.25) is 36.8 Å². The maximum atomic E-state index is 5.45. The van der Waals surface area contributed by atoms with Gasteiger partial charge in [-0.1, -0.05) is 38.0 Å². The summed E-state index contributed by atoms with van der Waals surface area (Å²) in [5, 5.41) is 0. The molecule has 0 radical (unpaired) electrons. The van der Waals surface area contributed by atoms with Crippen LogP contribution < -0.4 is 0 Å². The molecule has 1 aliphatic heterocycles. The van der Waals surface area contributed by atoms with Gasteiger partial charge in [-0.15, -0.1) is 0 Å². The zero-order chi connectivity index (χ0) is 9.35. The molecule has 0 bridgehead atoms. The van der Waals surface area contributed by atoms with E-state index in [0.717, 1.165) is 11.1 Å². The fourth-order valence-electron chi connectivity index (χ4n) is 2.17. The lowest BCUT2D eigenvalue weighted by Gasteiger charge is -2.42. The number of hydrogen-bond donors (Lipinski definition) is 0. The summed E-state index contributed by atoms with van der Waals surface area (Å²) in [5.74, 6) is 0. The van der Waals surface area contributed by atoms with Crippen molar-refractivity contribution in [1.29, 1.82) is 0 Å². The fraction of sp³-hybridized carbons (Fsp3) is 1.00. The molecule has 0 aromatic heterocycles. The minimum atomic E-state index is -0.935. The van der Waals surface area contributed by atoms with Gasteiger partial charge in [0.2, 0.25) is 0 Å². The third-order valence-corrected chi connectivity index (χ3v) is 9.66. The van der Waals surface area contributed by atoms with Crippen molar-refractivity contribution in [2.75, 3.05) is 7.11 Å². The van der Waals surface area contributed by atoms with E-state index >= 15 is 0 Å². The molecule has 3 heteroatoms. The molecule has 1 fully saturated rings. The summed E-state index contributed by atoms with van der Waals surface area (Å²) in [6.45, 7) is 10.4. The van der Waals surface area contributed by atoms with E-state index in [-0.39, 0.29) is 0 Å². The summed E-state index contributed by atoms with van der Waals surface area (Å²) < 4.78 is 5.45. The lowest BCUT2D eigenvalue weighted by Crippen LogP contribution is -2.44. The van der Waals surface area contributed by atoms with E-state index in [4.69, 9.17) is 4.65 Å². The highest BCUT2D eigenvalue weighted by molar-refractivity contribution is 6.83. The minimum Gasteiger partial charge on any atom is -0.439 e. The summed E-state index contributed by atoms with van der Waals surface area (Å²) in [4.78, 5) is 0. The van der Waals surface area contributed by atoms with Crippen LogP contribution in [0.3, 0.4) is 0 Å². The molecule has 70 valence electrons. The summed E-state index contributed by atoms with van der Waals surface area (Å²) in [7, 11) is 0.916. The van der Waals surface area contributed by atoms with Gasteiger partial charge in [0.05, 0.1) is 8.07 Å². The predicted octanol–water partition coefficient (Wildman–Crippen LogP) is 3.13. The van der Waals surface area contributed by atoms with Crippen LogP contribution in [0.1, 0.15) is 13.8 Å². The quantitative estimate of drug-likeness (QED) is 0.569. The van der Waals surface area contributed by atoms with Crippen molar-refractivity contribution in [1.82, 2.24) is 0 Å². The van der Waals surface area contributed by atoms with Gasteiger partial charge in [-0.25, -0.2) is 0 Å². The van der Waals surface area contributed by atoms with Gasteiger partial charge in [0.1, 0.15) is 0 Å². The summed E-state index contributed by atoms with van der Waals surface area (Å²) >= 11 is 0. The van der Waals surface area contributed by atoms with Gasteiger partial charge in [-0.05, 0) is 12.6 Å². The molecule has 0 saturated carbocycles. The second-order valence-electron chi connectivity index (χ2n) is 4.95. The molecular weight excluding hydrogens is 163 g/mol. The van der Waals surface area contributed by atoms with Crippen molar-refractivity contribution < 1.29 is 4.65 Å². The summed E-state index contributed by atoms with van der Waals surface area (Å²) in [5.41, 5.74) is 1.84. The first-order valence-corrected chi connectivity index (χ1v) is 8.16. The SMILES string of the molecule is COB1CC(C)[Si](C)(C)C(C)C1. The van der Waals surface area contributed by atoms with Crippen molar-refractivity contribution in [3.8, 4) is 0 Å². The number of rotatable bonds is 1. The van der Waals surface area contributed by atoms with E-state index in [1.165, 1.54) is 12.6 Å². The maximum absolute atomic E-state index is 5.45. The molecule has 0 aliphatic carbocycles. The van der Waals surface area contributed by atoms with Crippen LogP contribution in [0, 0.1) is 0 Å². The first-order valence-electron chi connectivity index (χ1n) is 5.01. The van der Waals surface area contributed by atoms with Crippen LogP contribution in [0.15, 0.2) is 0 Å². The average Bonchev–Trinajstić information content (AvgIpc) is 2.00. The molecule has 2 unspecified atom stereocenters. The van der Waals surface area contributed by atoms with Crippen LogP contribution in [0.25, 0.3) is 0 Å². The van der Waals surface area contributed by atoms with Gasteiger partial charge < -0.3 is 4.65 Å². The van der Waals surface area contributed by atoms with Crippen molar-refractivity contribution >= 4 is 15.0 Å². The molecule has 12 heavy (non-hydrogen) atoms. The molecule has 0 N–H and O–H groups in total. The van der Waals surface area contributed by atoms with Crippen molar-refractivity contribution in [2.24, 2.45) is 0 Å². The van der Waals surface area contributed by atoms with E-state index < -0.39 is 8.07 Å². The Hall–Kier alpha value is 0.242. The van der Waals surface area contributed by atoms with E-state index in [9.17, 15) is 0 Å². The van der Waals surface area contributed by atoms with Crippen LogP contribution in [-0.4, -0.2) is 22.1 Å². The molecule has 0 spiro atoms. The Balaban J connectivity index is 2.64. The Morgan fingerprint density at radius 3 is 1.92 bits per heavy atom. The monoisotopic (exact) mass is 184 g/mol. The molecule has 1 aliphatic rings. The molecule has 1 nitrogen and oxygen atoms in total. The van der Waals surface area contributed by atoms with E-state index in [1.807, 2.05) is 7.11 Å². The van der Waals surface area contributed by atoms with Gasteiger partial charge in [0.15, 0.2) is 0 Å². The van der Waals surface area contributed by atoms with E-state index in [0.29, 0.717) is 6.92 Å². The molecular formula is C9H21BOSi. The highest BCUT2D eigenvalue weighted by Crippen LogP contribution is 2.44. The third-order valence-electron chi connectivity index (χ3n) is 4.11. The average molecular weight is 184 g/mol. The van der Waals surface area contributed by atoms with Crippen LogP contribution in [0.4, 0.5) is 0 Å². The van der Waals surface area contributed by atoms with Gasteiger partial charge in [-0.3, -0.25) is 0 Å². The van der Waals surface area contributed by atoms with Gasteiger partial charge in [0.25, 0.3) is 6.92 Å². The molecule has 0 amide bonds. The zero-order valence-electron chi connectivity index (χ0n) is 9.05. The first kappa shape index (κ1) is 10.3. The van der Waals surface area contributed by atoms with Gasteiger partial charge in [0, 0.05) is 7.11 Å². The topological polar surface area (TPSA) is 9.23 Å². The lowest BCUT2D eigenvalue weighted by molar-refractivity contribution is 0.411. The second-order valence-corrected chi connectivity index (χ2v) is 10.6. The molecule has 0 aromatic carbocycles. The normalized spacial score (nSPS) is 35.2. The largest absolute Gasteiger partial charge is 0.439 e. The smallest absolute Gasteiger partial charge is 0.292 e. The first-order chi connectivity index (χ1) is 5.48. The lowest BCUT2D eigenvalue weighted by atomic mass is 9.59. The third kappa shape index (κ3) is 1.77. The standard InChI is InChI=1S/C9H21BOSi/c1-8-6-10(11-3)7-9(2)12(8,4)5/h8-9H,6-7H2,1-5H3. The fourth-order valence-corrected chi connectivity index (χ4v) is 4.88. The van der Waals surface area contributed by atoms with Crippen molar-refractivity contribution in [3.63, 3.8) is 0 Å². The van der Waals surface area contributed by atoms with E-state index in [2.05, 4.69) is 26.9 Å². The Morgan fingerprint density at radius 1 is 1.17 bits per heavy atom. The Kier molecular flexibility index (Phi) is 3.05. The highest BCUT2D eigenvalue weighted by atomic mass is 28.3. The Morgan fingerprint density at radius 2 is 1.58 bits per heavy atom. The van der Waals surface area contributed by atoms with Gasteiger partial charge >= 0.3 is 0 Å². The van der Waals surface area contributed by atoms with E-state index in [1.54, 1.807) is 0 Å². The van der Waals surface area contributed by atoms with Crippen LogP contribution >= 0.6 is 0 Å². The predicted molar refractivity (Wildman–Crippen MR) is 58.7 cm³/mol. The van der Waals surface area contributed by atoms with Crippen LogP contribution in [-0.2, 0) is 4.65 Å². The molecule has 1 saturated heterocycles. The molecule has 1 rings (SSSR count). The van der Waals surface area contributed by atoms with Crippen molar-refractivity contribution in [2.45, 2.75) is 50.7 Å². The zero-order valence-corrected chi connectivity index (χ0v) is 10.1. The molecule has 0 aromatic rings. The molecule has 1 heterocycles.